The summed E-state index contributed by atoms with van der Waals surface area (Å²) in [6.07, 6.45) is 3.61. The number of esters is 5. The zero-order valence-electron chi connectivity index (χ0n) is 60.8. The van der Waals surface area contributed by atoms with E-state index in [0.717, 1.165) is 86.9 Å². The second-order valence-electron chi connectivity index (χ2n) is 24.6. The Hall–Kier alpha value is -14.5. The molecule has 0 spiro atoms. The number of aromatic hydroxyl groups is 7. The van der Waals surface area contributed by atoms with Crippen molar-refractivity contribution in [3.05, 3.63) is 339 Å². The highest BCUT2D eigenvalue weighted by Crippen LogP contribution is 2.32. The summed E-state index contributed by atoms with van der Waals surface area (Å²) in [6, 6.07) is 70.8. The molecule has 0 bridgehead atoms. The molecule has 13 aromatic carbocycles. The fourth-order valence-corrected chi connectivity index (χ4v) is 10.0. The van der Waals surface area contributed by atoms with E-state index in [9.17, 15) is 54.6 Å². The van der Waals surface area contributed by atoms with Gasteiger partial charge in [-0.2, -0.15) is 0 Å². The Morgan fingerprint density at radius 2 is 0.642 bits per heavy atom. The Labute approximate surface area is 630 Å². The number of phenolic OH excluding ortho intramolecular Hbond substituents is 7. The standard InChI is InChI=1S/2C15H14O3.2C14H12O3.2C12H10O.C10H10O3/c1-10(2)15(17)18-9-11-5-3-7-13-12(11)6-4-8-14(13)16;1-10(2)15(17)18-9-11-7-8-14(16)13-6-4-3-5-12(11)13;1-9(2)14(16)17-13-6-4-10-7-12(15)5-3-11(10)8-13;1-9(2)14(16)17-13-6-4-10-3-5-12(15)7-11(10)8-13;1-2-9-5-3-7-11-10(9)6-4-8-12(11)13;1-2-9-3-4-11-8-12(13)6-5-10(11)7-9;1-7(2)10(12)13-9-5-3-4-8(11)6-9/h2*3-8,16H,1,9H2,2H3;2*3-8,15H,1H2,2H3;2*2-8,13H,1H2;3-6,11H,1H2,2H3. The first kappa shape index (κ1) is 81.8. The molecule has 0 amide bonds. The van der Waals surface area contributed by atoms with Gasteiger partial charge in [0.05, 0.1) is 0 Å². The topological polar surface area (TPSA) is 273 Å². The summed E-state index contributed by atoms with van der Waals surface area (Å²) in [5.74, 6) is 0.538. The van der Waals surface area contributed by atoms with Crippen LogP contribution in [0.3, 0.4) is 0 Å². The van der Waals surface area contributed by atoms with Gasteiger partial charge in [-0.1, -0.05) is 198 Å². The first-order valence-electron chi connectivity index (χ1n) is 33.6. The molecule has 0 aliphatic rings. The molecule has 0 heterocycles. The molecule has 0 aromatic heterocycles. The minimum Gasteiger partial charge on any atom is -0.508 e. The first-order valence-corrected chi connectivity index (χ1v) is 33.6. The average Bonchev–Trinajstić information content (AvgIpc) is 0.815. The van der Waals surface area contributed by atoms with Crippen LogP contribution >= 0.6 is 0 Å². The minimum absolute atomic E-state index is 0.0621. The van der Waals surface area contributed by atoms with Crippen LogP contribution in [0.4, 0.5) is 0 Å². The molecule has 552 valence electrons. The van der Waals surface area contributed by atoms with Crippen LogP contribution in [0.15, 0.2) is 317 Å². The van der Waals surface area contributed by atoms with Gasteiger partial charge in [0.2, 0.25) is 0 Å². The molecule has 13 rings (SSSR count). The Morgan fingerprint density at radius 3 is 1.14 bits per heavy atom. The van der Waals surface area contributed by atoms with Crippen molar-refractivity contribution in [2.45, 2.75) is 47.8 Å². The van der Waals surface area contributed by atoms with E-state index in [2.05, 4.69) is 46.1 Å². The summed E-state index contributed by atoms with van der Waals surface area (Å²) >= 11 is 0. The molecule has 13 aromatic rings. The highest BCUT2D eigenvalue weighted by Gasteiger charge is 2.13. The monoisotopic (exact) mass is 1460 g/mol. The van der Waals surface area contributed by atoms with Crippen LogP contribution in [0, 0.1) is 0 Å². The summed E-state index contributed by atoms with van der Waals surface area (Å²) in [6.45, 7) is 33.3. The second kappa shape index (κ2) is 39.4. The summed E-state index contributed by atoms with van der Waals surface area (Å²) in [5, 5.41) is 76.9. The Bertz CT molecular complexity index is 5540. The van der Waals surface area contributed by atoms with Gasteiger partial charge in [0.1, 0.15) is 70.7 Å². The molecule has 17 heteroatoms. The van der Waals surface area contributed by atoms with Crippen molar-refractivity contribution < 1.29 is 83.4 Å². The fraction of sp³-hybridized carbons (Fsp3) is 0.0761. The van der Waals surface area contributed by atoms with E-state index in [4.69, 9.17) is 28.8 Å². The highest BCUT2D eigenvalue weighted by atomic mass is 16.6. The van der Waals surface area contributed by atoms with Gasteiger partial charge in [-0.25, -0.2) is 24.0 Å². The summed E-state index contributed by atoms with van der Waals surface area (Å²) in [4.78, 5) is 56.4. The van der Waals surface area contributed by atoms with Crippen molar-refractivity contribution in [1.29, 1.82) is 0 Å². The van der Waals surface area contributed by atoms with Gasteiger partial charge in [0, 0.05) is 50.1 Å². The molecule has 0 fully saturated rings. The first-order chi connectivity index (χ1) is 52.0. The molecule has 0 aliphatic carbocycles. The van der Waals surface area contributed by atoms with Crippen LogP contribution in [0.2, 0.25) is 0 Å². The van der Waals surface area contributed by atoms with E-state index in [1.54, 1.807) is 162 Å². The number of benzene rings is 13. The van der Waals surface area contributed by atoms with Gasteiger partial charge < -0.3 is 59.4 Å². The van der Waals surface area contributed by atoms with Crippen LogP contribution < -0.4 is 14.2 Å². The number of carbonyl (C=O) groups excluding carboxylic acids is 5. The highest BCUT2D eigenvalue weighted by molar-refractivity contribution is 5.97. The maximum Gasteiger partial charge on any atom is 0.338 e. The van der Waals surface area contributed by atoms with E-state index in [-0.39, 0.29) is 42.0 Å². The third-order valence-corrected chi connectivity index (χ3v) is 15.7. The molecule has 0 atom stereocenters. The van der Waals surface area contributed by atoms with Crippen molar-refractivity contribution in [3.63, 3.8) is 0 Å². The molecular weight excluding hydrogens is 1380 g/mol. The van der Waals surface area contributed by atoms with Crippen molar-refractivity contribution >= 4 is 107 Å². The second-order valence-corrected chi connectivity index (χ2v) is 24.6. The predicted molar refractivity (Wildman–Crippen MR) is 433 cm³/mol. The van der Waals surface area contributed by atoms with Crippen LogP contribution in [-0.2, 0) is 46.7 Å². The lowest BCUT2D eigenvalue weighted by molar-refractivity contribution is -0.141. The number of hydrogen-bond acceptors (Lipinski definition) is 17. The third kappa shape index (κ3) is 24.3. The van der Waals surface area contributed by atoms with Gasteiger partial charge in [0.15, 0.2) is 0 Å². The van der Waals surface area contributed by atoms with Crippen molar-refractivity contribution in [2.24, 2.45) is 0 Å². The summed E-state index contributed by atoms with van der Waals surface area (Å²) in [7, 11) is 0. The normalized spacial score (nSPS) is 10.1. The van der Waals surface area contributed by atoms with Crippen molar-refractivity contribution in [1.82, 2.24) is 0 Å². The molecule has 0 unspecified atom stereocenters. The SMILES string of the molecule is C=C(C)C(=O)OCc1ccc(O)c2ccccc12.C=C(C)C(=O)OCc1cccc2c(O)cccc12.C=C(C)C(=O)Oc1ccc2cc(O)ccc2c1.C=C(C)C(=O)Oc1ccc2ccc(O)cc2c1.C=C(C)C(=O)Oc1cccc(O)c1.C=Cc1ccc2cc(O)ccc2c1.C=Cc1cccc2c(O)cccc12. The molecule has 0 aliphatic heterocycles. The Balaban J connectivity index is 0.000000178. The molecule has 0 saturated carbocycles. The van der Waals surface area contributed by atoms with Crippen LogP contribution in [0.1, 0.15) is 56.9 Å². The lowest BCUT2D eigenvalue weighted by Gasteiger charge is -2.09. The number of phenols is 7. The lowest BCUT2D eigenvalue weighted by atomic mass is 10.0. The van der Waals surface area contributed by atoms with Crippen LogP contribution in [0.25, 0.3) is 76.8 Å². The van der Waals surface area contributed by atoms with Gasteiger partial charge in [-0.05, 0) is 202 Å². The zero-order valence-corrected chi connectivity index (χ0v) is 60.8. The van der Waals surface area contributed by atoms with Gasteiger partial charge >= 0.3 is 29.8 Å². The summed E-state index contributed by atoms with van der Waals surface area (Å²) < 4.78 is 25.3. The third-order valence-electron chi connectivity index (χ3n) is 15.7. The maximum atomic E-state index is 11.3. The van der Waals surface area contributed by atoms with Gasteiger partial charge in [0.25, 0.3) is 0 Å². The van der Waals surface area contributed by atoms with E-state index in [0.29, 0.717) is 56.6 Å². The van der Waals surface area contributed by atoms with E-state index in [1.807, 2.05) is 115 Å². The summed E-state index contributed by atoms with van der Waals surface area (Å²) in [5.41, 5.74) is 5.64. The van der Waals surface area contributed by atoms with Gasteiger partial charge in [-0.15, -0.1) is 0 Å². The quantitative estimate of drug-likeness (QED) is 0.0303. The number of rotatable bonds is 14. The number of hydrogen-bond donors (Lipinski definition) is 7. The molecule has 0 saturated heterocycles. The van der Waals surface area contributed by atoms with E-state index in [1.165, 1.54) is 12.1 Å². The smallest absolute Gasteiger partial charge is 0.338 e. The number of ether oxygens (including phenoxy) is 5. The maximum absolute atomic E-state index is 11.3. The largest absolute Gasteiger partial charge is 0.508 e. The molecule has 109 heavy (non-hydrogen) atoms. The number of carbonyl (C=O) groups is 5. The Kier molecular flexibility index (Phi) is 29.6. The molecule has 17 nitrogen and oxygen atoms in total. The fourth-order valence-electron chi connectivity index (χ4n) is 10.0. The molecular formula is C92H82O17. The Morgan fingerprint density at radius 1 is 0.294 bits per heavy atom. The zero-order chi connectivity index (χ0) is 79.4. The van der Waals surface area contributed by atoms with Crippen molar-refractivity contribution in [2.75, 3.05) is 0 Å². The number of fused-ring (bicyclic) bond motifs is 6. The molecule has 7 N–H and O–H groups in total. The average molecular weight is 1460 g/mol. The van der Waals surface area contributed by atoms with E-state index >= 15 is 0 Å². The lowest BCUT2D eigenvalue weighted by Crippen LogP contribution is -2.07. The van der Waals surface area contributed by atoms with Gasteiger partial charge in [-0.3, -0.25) is 0 Å². The minimum atomic E-state index is -0.495. The van der Waals surface area contributed by atoms with E-state index < -0.39 is 29.8 Å². The predicted octanol–water partition coefficient (Wildman–Crippen LogP) is 20.6. The molecule has 0 radical (unpaired) electrons. The van der Waals surface area contributed by atoms with Crippen LogP contribution in [0.5, 0.6) is 57.5 Å². The van der Waals surface area contributed by atoms with Crippen LogP contribution in [-0.4, -0.2) is 65.6 Å². The van der Waals surface area contributed by atoms with Crippen molar-refractivity contribution in [3.8, 4) is 57.5 Å².